The molecule has 0 aliphatic carbocycles. The molecule has 0 fully saturated rings. The molecule has 7 heteroatoms. The highest BCUT2D eigenvalue weighted by atomic mass is 32.2. The Balaban J connectivity index is 2.64. The van der Waals surface area contributed by atoms with Crippen molar-refractivity contribution in [1.82, 2.24) is 9.97 Å². The van der Waals surface area contributed by atoms with Crippen LogP contribution in [0, 0.1) is 0 Å². The molecule has 1 aromatic heterocycles. The lowest BCUT2D eigenvalue weighted by molar-refractivity contribution is 0.0585. The van der Waals surface area contributed by atoms with Gasteiger partial charge in [0.05, 0.1) is 19.8 Å². The number of aliphatic hydroxyl groups is 2. The monoisotopic (exact) mass is 244 g/mol. The number of hydrogen-bond donors (Lipinski definition) is 2. The summed E-state index contributed by atoms with van der Waals surface area (Å²) in [6.07, 6.45) is 0.633. The fourth-order valence-corrected chi connectivity index (χ4v) is 1.62. The molecule has 0 bridgehead atoms. The third-order valence-electron chi connectivity index (χ3n) is 1.63. The number of esters is 1. The van der Waals surface area contributed by atoms with E-state index in [0.717, 1.165) is 0 Å². The number of rotatable bonds is 5. The van der Waals surface area contributed by atoms with Gasteiger partial charge < -0.3 is 14.9 Å². The molecule has 6 nitrogen and oxygen atoms in total. The Morgan fingerprint density at radius 3 is 3.06 bits per heavy atom. The molecule has 0 aliphatic heterocycles. The Hall–Kier alpha value is -1.18. The Labute approximate surface area is 96.7 Å². The van der Waals surface area contributed by atoms with E-state index in [9.17, 15) is 4.79 Å². The van der Waals surface area contributed by atoms with E-state index in [0.29, 0.717) is 10.8 Å². The maximum absolute atomic E-state index is 11.1. The predicted octanol–water partition coefficient (Wildman–Crippen LogP) is -0.291. The summed E-state index contributed by atoms with van der Waals surface area (Å²) in [6.45, 7) is -0.304. The lowest BCUT2D eigenvalue weighted by Gasteiger charge is -2.06. The van der Waals surface area contributed by atoms with Crippen LogP contribution in [-0.2, 0) is 4.74 Å². The minimum absolute atomic E-state index is 0.0222. The standard InChI is InChI=1S/C9H12N2O4S/c1-15-9(14)8-10-3-2-7(11-8)16-5-6(13)4-12/h2-3,6,12-13H,4-5H2,1H3. The van der Waals surface area contributed by atoms with Gasteiger partial charge in [-0.15, -0.1) is 11.8 Å². The molecule has 0 saturated heterocycles. The van der Waals surface area contributed by atoms with Crippen molar-refractivity contribution in [3.63, 3.8) is 0 Å². The van der Waals surface area contributed by atoms with Crippen molar-refractivity contribution >= 4 is 17.7 Å². The molecule has 1 heterocycles. The number of carbonyl (C=O) groups is 1. The fourth-order valence-electron chi connectivity index (χ4n) is 0.846. The van der Waals surface area contributed by atoms with Crippen LogP contribution in [0.1, 0.15) is 10.6 Å². The van der Waals surface area contributed by atoms with Gasteiger partial charge in [0, 0.05) is 11.9 Å². The highest BCUT2D eigenvalue weighted by Crippen LogP contribution is 2.15. The third-order valence-corrected chi connectivity index (χ3v) is 2.71. The number of aliphatic hydroxyl groups excluding tert-OH is 2. The second-order valence-corrected chi connectivity index (χ2v) is 3.90. The molecule has 1 aromatic rings. The van der Waals surface area contributed by atoms with E-state index in [1.807, 2.05) is 0 Å². The van der Waals surface area contributed by atoms with Gasteiger partial charge in [-0.3, -0.25) is 0 Å². The van der Waals surface area contributed by atoms with E-state index in [1.165, 1.54) is 25.1 Å². The molecule has 1 rings (SSSR count). The number of carbonyl (C=O) groups excluding carboxylic acids is 1. The van der Waals surface area contributed by atoms with E-state index >= 15 is 0 Å². The van der Waals surface area contributed by atoms with Gasteiger partial charge in [-0.2, -0.15) is 0 Å². The van der Waals surface area contributed by atoms with Crippen molar-refractivity contribution < 1.29 is 19.7 Å². The molecule has 88 valence electrons. The molecular weight excluding hydrogens is 232 g/mol. The van der Waals surface area contributed by atoms with E-state index in [4.69, 9.17) is 10.2 Å². The molecule has 1 unspecified atom stereocenters. The van der Waals surface area contributed by atoms with Crippen molar-refractivity contribution in [2.45, 2.75) is 11.1 Å². The van der Waals surface area contributed by atoms with Crippen LogP contribution in [0.2, 0.25) is 0 Å². The van der Waals surface area contributed by atoms with Crippen LogP contribution < -0.4 is 0 Å². The molecule has 16 heavy (non-hydrogen) atoms. The summed E-state index contributed by atoms with van der Waals surface area (Å²) in [5.74, 6) is -0.329. The summed E-state index contributed by atoms with van der Waals surface area (Å²) in [5, 5.41) is 18.3. The predicted molar refractivity (Wildman–Crippen MR) is 57.2 cm³/mol. The van der Waals surface area contributed by atoms with Gasteiger partial charge in [0.2, 0.25) is 5.82 Å². The van der Waals surface area contributed by atoms with Gasteiger partial charge in [0.25, 0.3) is 0 Å². The third kappa shape index (κ3) is 3.76. The van der Waals surface area contributed by atoms with Crippen LogP contribution >= 0.6 is 11.8 Å². The van der Waals surface area contributed by atoms with Crippen molar-refractivity contribution in [3.8, 4) is 0 Å². The Kier molecular flexibility index (Phi) is 5.17. The van der Waals surface area contributed by atoms with Gasteiger partial charge >= 0.3 is 5.97 Å². The van der Waals surface area contributed by atoms with Crippen LogP contribution in [0.3, 0.4) is 0 Å². The maximum atomic E-state index is 11.1. The quantitative estimate of drug-likeness (QED) is 0.417. The van der Waals surface area contributed by atoms with Gasteiger partial charge in [-0.05, 0) is 6.07 Å². The largest absolute Gasteiger partial charge is 0.463 e. The average molecular weight is 244 g/mol. The molecule has 2 N–H and O–H groups in total. The van der Waals surface area contributed by atoms with Gasteiger partial charge in [0.1, 0.15) is 5.03 Å². The summed E-state index contributed by atoms with van der Waals surface area (Å²) in [5.41, 5.74) is 0. The van der Waals surface area contributed by atoms with Crippen LogP contribution in [-0.4, -0.2) is 51.7 Å². The molecule has 1 atom stereocenters. The summed E-state index contributed by atoms with van der Waals surface area (Å²) in [7, 11) is 1.25. The van der Waals surface area contributed by atoms with E-state index in [1.54, 1.807) is 6.07 Å². The Morgan fingerprint density at radius 1 is 1.69 bits per heavy atom. The van der Waals surface area contributed by atoms with Crippen LogP contribution in [0.15, 0.2) is 17.3 Å². The second-order valence-electron chi connectivity index (χ2n) is 2.86. The molecule has 0 aliphatic rings. The van der Waals surface area contributed by atoms with Crippen molar-refractivity contribution in [2.24, 2.45) is 0 Å². The average Bonchev–Trinajstić information content (AvgIpc) is 2.35. The Bertz CT molecular complexity index is 361. The van der Waals surface area contributed by atoms with Gasteiger partial charge in [-0.25, -0.2) is 14.8 Å². The number of ether oxygens (including phenoxy) is 1. The highest BCUT2D eigenvalue weighted by Gasteiger charge is 2.10. The van der Waals surface area contributed by atoms with Crippen LogP contribution in [0.25, 0.3) is 0 Å². The first kappa shape index (κ1) is 12.9. The molecular formula is C9H12N2O4S. The zero-order valence-electron chi connectivity index (χ0n) is 8.66. The number of methoxy groups -OCH3 is 1. The van der Waals surface area contributed by atoms with Gasteiger partial charge in [0.15, 0.2) is 0 Å². The zero-order chi connectivity index (χ0) is 12.0. The van der Waals surface area contributed by atoms with Crippen LogP contribution in [0.5, 0.6) is 0 Å². The van der Waals surface area contributed by atoms with E-state index < -0.39 is 12.1 Å². The maximum Gasteiger partial charge on any atom is 0.376 e. The second kappa shape index (κ2) is 6.41. The number of thioether (sulfide) groups is 1. The molecule has 0 saturated carbocycles. The first-order valence-electron chi connectivity index (χ1n) is 4.50. The molecule has 0 aromatic carbocycles. The normalized spacial score (nSPS) is 12.2. The lowest BCUT2D eigenvalue weighted by atomic mass is 10.4. The lowest BCUT2D eigenvalue weighted by Crippen LogP contribution is -2.15. The smallest absolute Gasteiger partial charge is 0.376 e. The summed E-state index contributed by atoms with van der Waals surface area (Å²) in [4.78, 5) is 18.8. The fraction of sp³-hybridized carbons (Fsp3) is 0.444. The number of hydrogen-bond acceptors (Lipinski definition) is 7. The van der Waals surface area contributed by atoms with Crippen molar-refractivity contribution in [3.05, 3.63) is 18.1 Å². The van der Waals surface area contributed by atoms with Crippen molar-refractivity contribution in [2.75, 3.05) is 19.5 Å². The molecule has 0 radical (unpaired) electrons. The minimum atomic E-state index is -0.804. The highest BCUT2D eigenvalue weighted by molar-refractivity contribution is 7.99. The number of nitrogens with zero attached hydrogens (tertiary/aromatic N) is 2. The summed E-state index contributed by atoms with van der Waals surface area (Å²) >= 11 is 1.23. The topological polar surface area (TPSA) is 92.5 Å². The Morgan fingerprint density at radius 2 is 2.44 bits per heavy atom. The zero-order valence-corrected chi connectivity index (χ0v) is 9.48. The number of aromatic nitrogens is 2. The first-order chi connectivity index (χ1) is 7.67. The minimum Gasteiger partial charge on any atom is -0.463 e. The molecule has 0 spiro atoms. The van der Waals surface area contributed by atoms with E-state index in [2.05, 4.69) is 14.7 Å². The summed E-state index contributed by atoms with van der Waals surface area (Å²) < 4.78 is 4.48. The SMILES string of the molecule is COC(=O)c1nccc(SCC(O)CO)n1. The summed E-state index contributed by atoms with van der Waals surface area (Å²) in [6, 6.07) is 1.61. The first-order valence-corrected chi connectivity index (χ1v) is 5.49. The van der Waals surface area contributed by atoms with Crippen molar-refractivity contribution in [1.29, 1.82) is 0 Å². The van der Waals surface area contributed by atoms with Crippen LogP contribution in [0.4, 0.5) is 0 Å². The van der Waals surface area contributed by atoms with Gasteiger partial charge in [-0.1, -0.05) is 0 Å². The molecule has 0 amide bonds. The van der Waals surface area contributed by atoms with E-state index in [-0.39, 0.29) is 12.4 Å².